The van der Waals surface area contributed by atoms with Gasteiger partial charge in [0.05, 0.1) is 5.52 Å². The third-order valence-electron chi connectivity index (χ3n) is 7.49. The van der Waals surface area contributed by atoms with E-state index < -0.39 is 6.23 Å². The number of ether oxygens (including phenoxy) is 3. The Morgan fingerprint density at radius 1 is 0.927 bits per heavy atom. The fraction of sp³-hybridized carbons (Fsp3) is 0.344. The summed E-state index contributed by atoms with van der Waals surface area (Å²) in [5, 5.41) is 1.61. The summed E-state index contributed by atoms with van der Waals surface area (Å²) in [6.45, 7) is 1.56. The van der Waals surface area contributed by atoms with Crippen LogP contribution in [0, 0.1) is 11.6 Å². The normalized spacial score (nSPS) is 16.4. The van der Waals surface area contributed by atoms with Crippen molar-refractivity contribution in [2.24, 2.45) is 0 Å². The molecule has 0 amide bonds. The molecule has 9 heteroatoms. The van der Waals surface area contributed by atoms with E-state index >= 15 is 0 Å². The van der Waals surface area contributed by atoms with Crippen LogP contribution >= 0.6 is 0 Å². The zero-order valence-electron chi connectivity index (χ0n) is 22.6. The highest BCUT2D eigenvalue weighted by molar-refractivity contribution is 5.80. The molecule has 0 N–H and O–H groups in total. The fourth-order valence-electron chi connectivity index (χ4n) is 5.37. The van der Waals surface area contributed by atoms with Crippen molar-refractivity contribution in [2.75, 3.05) is 6.61 Å². The van der Waals surface area contributed by atoms with Crippen LogP contribution in [0.1, 0.15) is 50.5 Å². The molecule has 0 bridgehead atoms. The van der Waals surface area contributed by atoms with Gasteiger partial charge in [-0.3, -0.25) is 4.79 Å². The second kappa shape index (κ2) is 12.3. The topological polar surface area (TPSA) is 67.8 Å². The van der Waals surface area contributed by atoms with E-state index in [0.29, 0.717) is 18.8 Å². The number of hydrogen-bond acceptors (Lipinski definition) is 5. The summed E-state index contributed by atoms with van der Waals surface area (Å²) in [6.07, 6.45) is 9.43. The first kappa shape index (κ1) is 27.2. The molecule has 7 nitrogen and oxygen atoms in total. The van der Waals surface area contributed by atoms with Gasteiger partial charge in [-0.15, -0.1) is 0 Å². The largest absolute Gasteiger partial charge is 0.463 e. The van der Waals surface area contributed by atoms with Crippen molar-refractivity contribution in [1.82, 2.24) is 9.13 Å². The van der Waals surface area contributed by atoms with Crippen LogP contribution in [0.15, 0.2) is 82.5 Å². The van der Waals surface area contributed by atoms with Gasteiger partial charge in [0.15, 0.2) is 12.5 Å². The molecule has 0 radical (unpaired) electrons. The number of benzene rings is 2. The van der Waals surface area contributed by atoms with Gasteiger partial charge in [0.25, 0.3) is 0 Å². The number of fused-ring (bicyclic) bond motifs is 2. The summed E-state index contributed by atoms with van der Waals surface area (Å²) in [5.41, 5.74) is 1.48. The van der Waals surface area contributed by atoms with Gasteiger partial charge in [-0.1, -0.05) is 0 Å². The first-order valence-electron chi connectivity index (χ1n) is 14.1. The van der Waals surface area contributed by atoms with Gasteiger partial charge in [0, 0.05) is 54.3 Å². The molecule has 4 heterocycles. The average Bonchev–Trinajstić information content (AvgIpc) is 3.58. The van der Waals surface area contributed by atoms with Crippen LogP contribution < -0.4 is 10.2 Å². The van der Waals surface area contributed by atoms with E-state index in [0.717, 1.165) is 60.5 Å². The molecule has 1 aliphatic rings. The molecule has 0 saturated carbocycles. The maximum Gasteiger partial charge on any atom is 0.227 e. The minimum Gasteiger partial charge on any atom is -0.463 e. The predicted octanol–water partition coefficient (Wildman–Crippen LogP) is 7.32. The lowest BCUT2D eigenvalue weighted by Crippen LogP contribution is -2.22. The molecule has 2 unspecified atom stereocenters. The van der Waals surface area contributed by atoms with Crippen LogP contribution in [0.5, 0.6) is 5.75 Å². The Hall–Kier alpha value is -3.95. The minimum absolute atomic E-state index is 0.0926. The molecule has 3 aromatic heterocycles. The van der Waals surface area contributed by atoms with Crippen molar-refractivity contribution in [2.45, 2.75) is 64.2 Å². The molecule has 1 aliphatic heterocycles. The molecule has 214 valence electrons. The number of rotatable bonds is 11. The van der Waals surface area contributed by atoms with Crippen LogP contribution in [0.4, 0.5) is 8.78 Å². The highest BCUT2D eigenvalue weighted by Crippen LogP contribution is 2.27. The summed E-state index contributed by atoms with van der Waals surface area (Å²) < 4.78 is 54.7. The second-order valence-electron chi connectivity index (χ2n) is 10.4. The molecular weight excluding hydrogens is 530 g/mol. The van der Waals surface area contributed by atoms with E-state index in [1.807, 2.05) is 29.1 Å². The van der Waals surface area contributed by atoms with E-state index in [1.165, 1.54) is 36.6 Å². The minimum atomic E-state index is -0.519. The van der Waals surface area contributed by atoms with Crippen molar-refractivity contribution in [3.63, 3.8) is 0 Å². The lowest BCUT2D eigenvalue weighted by Gasteiger charge is -2.23. The van der Waals surface area contributed by atoms with Gasteiger partial charge in [-0.25, -0.2) is 8.78 Å². The predicted molar refractivity (Wildman–Crippen MR) is 151 cm³/mol. The van der Waals surface area contributed by atoms with E-state index in [4.69, 9.17) is 18.6 Å². The quantitative estimate of drug-likeness (QED) is 0.158. The summed E-state index contributed by atoms with van der Waals surface area (Å²) in [6, 6.07) is 14.5. The number of unbranched alkanes of at least 4 members (excludes halogenated alkanes) is 1. The lowest BCUT2D eigenvalue weighted by molar-refractivity contribution is -0.171. The molecule has 1 saturated heterocycles. The molecular formula is C32H32F2N2O5. The standard InChI is InChI=1S/C32H32F2N2O5/c33-24-7-9-27-22(17-24)11-14-35(27)13-3-1-5-31(36-15-12-23-18-25(34)8-10-28(23)36)41-30-21-39-26(19-29(30)37)20-40-32-6-2-4-16-38-32/h7-12,14-15,17-19,21,31-32H,1-6,13,16,20H2. The Balaban J connectivity index is 1.15. The van der Waals surface area contributed by atoms with Gasteiger partial charge in [-0.05, 0) is 80.6 Å². The van der Waals surface area contributed by atoms with Crippen molar-refractivity contribution in [3.8, 4) is 5.75 Å². The van der Waals surface area contributed by atoms with E-state index in [9.17, 15) is 13.6 Å². The van der Waals surface area contributed by atoms with Crippen molar-refractivity contribution >= 4 is 21.8 Å². The van der Waals surface area contributed by atoms with Crippen LogP contribution in [0.2, 0.25) is 0 Å². The van der Waals surface area contributed by atoms with Gasteiger partial charge in [0.2, 0.25) is 11.2 Å². The number of nitrogens with zero attached hydrogens (tertiary/aromatic N) is 2. The summed E-state index contributed by atoms with van der Waals surface area (Å²) in [7, 11) is 0. The smallest absolute Gasteiger partial charge is 0.227 e. The van der Waals surface area contributed by atoms with Crippen LogP contribution in [-0.4, -0.2) is 22.0 Å². The highest BCUT2D eigenvalue weighted by atomic mass is 19.1. The van der Waals surface area contributed by atoms with Gasteiger partial charge >= 0.3 is 0 Å². The third kappa shape index (κ3) is 6.36. The van der Waals surface area contributed by atoms with Crippen molar-refractivity contribution < 1.29 is 27.4 Å². The highest BCUT2D eigenvalue weighted by Gasteiger charge is 2.19. The fourth-order valence-corrected chi connectivity index (χ4v) is 5.37. The molecule has 0 spiro atoms. The van der Waals surface area contributed by atoms with Gasteiger partial charge < -0.3 is 27.8 Å². The zero-order valence-corrected chi connectivity index (χ0v) is 22.6. The van der Waals surface area contributed by atoms with Crippen LogP contribution in [-0.2, 0) is 22.6 Å². The molecule has 2 atom stereocenters. The molecule has 1 fully saturated rings. The van der Waals surface area contributed by atoms with Gasteiger partial charge in [-0.2, -0.15) is 0 Å². The molecule has 6 rings (SSSR count). The molecule has 2 aromatic carbocycles. The molecule has 0 aliphatic carbocycles. The molecule has 5 aromatic rings. The average molecular weight is 563 g/mol. The number of aromatic nitrogens is 2. The summed E-state index contributed by atoms with van der Waals surface area (Å²) >= 11 is 0. The Labute approximate surface area is 235 Å². The Kier molecular flexibility index (Phi) is 8.16. The maximum atomic E-state index is 13.8. The Bertz CT molecular complexity index is 1680. The lowest BCUT2D eigenvalue weighted by atomic mass is 10.2. The monoisotopic (exact) mass is 562 g/mol. The Morgan fingerprint density at radius 3 is 2.49 bits per heavy atom. The summed E-state index contributed by atoms with van der Waals surface area (Å²) in [4.78, 5) is 13.0. The number of aryl methyl sites for hydroxylation is 1. The van der Waals surface area contributed by atoms with Gasteiger partial charge in [0.1, 0.15) is 30.3 Å². The first-order chi connectivity index (χ1) is 20.0. The maximum absolute atomic E-state index is 13.8. The van der Waals surface area contributed by atoms with Crippen LogP contribution in [0.3, 0.4) is 0 Å². The van der Waals surface area contributed by atoms with Crippen molar-refractivity contribution in [3.05, 3.63) is 101 Å². The number of halogens is 2. The SMILES string of the molecule is O=c1cc(COC2CCCCO2)occ1OC(CCCCn1ccc2cc(F)ccc21)n1ccc2cc(F)ccc21. The third-order valence-corrected chi connectivity index (χ3v) is 7.49. The first-order valence-corrected chi connectivity index (χ1v) is 14.1. The summed E-state index contributed by atoms with van der Waals surface area (Å²) in [5.74, 6) is -0.0789. The van der Waals surface area contributed by atoms with E-state index in [-0.39, 0.29) is 35.7 Å². The molecule has 41 heavy (non-hydrogen) atoms. The zero-order chi connectivity index (χ0) is 28.2. The van der Waals surface area contributed by atoms with Crippen molar-refractivity contribution in [1.29, 1.82) is 0 Å². The number of hydrogen-bond donors (Lipinski definition) is 0. The van der Waals surface area contributed by atoms with Crippen LogP contribution in [0.25, 0.3) is 21.8 Å². The van der Waals surface area contributed by atoms with E-state index in [2.05, 4.69) is 4.57 Å². The second-order valence-corrected chi connectivity index (χ2v) is 10.4. The Morgan fingerprint density at radius 2 is 1.71 bits per heavy atom. The van der Waals surface area contributed by atoms with E-state index in [1.54, 1.807) is 12.1 Å².